The van der Waals surface area contributed by atoms with E-state index < -0.39 is 0 Å². The lowest BCUT2D eigenvalue weighted by Crippen LogP contribution is -1.87. The van der Waals surface area contributed by atoms with E-state index in [0.29, 0.717) is 5.88 Å². The first-order valence-electron chi connectivity index (χ1n) is 1.56. The predicted octanol–water partition coefficient (Wildman–Crippen LogP) is 2.16. The second kappa shape index (κ2) is 4.76. The van der Waals surface area contributed by atoms with Gasteiger partial charge >= 0.3 is 0 Å². The first kappa shape index (κ1) is 7.61. The quantitative estimate of drug-likeness (QED) is 0.504. The highest BCUT2D eigenvalue weighted by atomic mass is 79.9. The van der Waals surface area contributed by atoms with Crippen molar-refractivity contribution in [3.05, 3.63) is 0 Å². The zero-order chi connectivity index (χ0) is 5.70. The molecule has 4 heteroatoms. The number of halogens is 2. The number of thiocyanates is 1. The number of nitrogens with zero attached hydrogens (tertiary/aromatic N) is 1. The standard InChI is InChI=1S/C3H3BrClNS/c4-3(1-5)7-2-6/h3H,1H2. The van der Waals surface area contributed by atoms with Crippen LogP contribution in [0.5, 0.6) is 0 Å². The monoisotopic (exact) mass is 199 g/mol. The Morgan fingerprint density at radius 3 is 2.71 bits per heavy atom. The first-order chi connectivity index (χ1) is 3.31. The topological polar surface area (TPSA) is 23.8 Å². The molecule has 0 aliphatic heterocycles. The molecule has 7 heavy (non-hydrogen) atoms. The molecule has 0 aromatic rings. The van der Waals surface area contributed by atoms with Crippen molar-refractivity contribution < 1.29 is 0 Å². The average molecular weight is 200 g/mol. The molecule has 0 spiro atoms. The molecule has 0 bridgehead atoms. The maximum Gasteiger partial charge on any atom is 0.134 e. The van der Waals surface area contributed by atoms with E-state index in [4.69, 9.17) is 16.9 Å². The zero-order valence-electron chi connectivity index (χ0n) is 3.40. The largest absolute Gasteiger partial charge is 0.185 e. The molecule has 0 aromatic heterocycles. The fourth-order valence-corrected chi connectivity index (χ4v) is 0.706. The Kier molecular flexibility index (Phi) is 5.18. The second-order valence-corrected chi connectivity index (χ2v) is 3.78. The average Bonchev–Trinajstić information content (AvgIpc) is 1.68. The summed E-state index contributed by atoms with van der Waals surface area (Å²) in [5.74, 6) is 0.470. The summed E-state index contributed by atoms with van der Waals surface area (Å²) < 4.78 is 0.0826. The van der Waals surface area contributed by atoms with Gasteiger partial charge in [0.1, 0.15) is 5.40 Å². The van der Waals surface area contributed by atoms with Crippen molar-refractivity contribution in [3.63, 3.8) is 0 Å². The van der Waals surface area contributed by atoms with Gasteiger partial charge in [-0.15, -0.1) is 11.6 Å². The van der Waals surface area contributed by atoms with Crippen LogP contribution in [-0.2, 0) is 0 Å². The Morgan fingerprint density at radius 1 is 2.00 bits per heavy atom. The molecule has 0 amide bonds. The normalized spacial score (nSPS) is 12.7. The van der Waals surface area contributed by atoms with Crippen LogP contribution in [-0.4, -0.2) is 10.0 Å². The fourth-order valence-electron chi connectivity index (χ4n) is 0.0887. The van der Waals surface area contributed by atoms with E-state index in [9.17, 15) is 0 Å². The highest BCUT2D eigenvalue weighted by Crippen LogP contribution is 2.16. The van der Waals surface area contributed by atoms with Gasteiger partial charge in [-0.3, -0.25) is 0 Å². The lowest BCUT2D eigenvalue weighted by atomic mass is 11.0. The minimum Gasteiger partial charge on any atom is -0.185 e. The third-order valence-corrected chi connectivity index (χ3v) is 2.58. The van der Waals surface area contributed by atoms with Crippen molar-refractivity contribution in [1.82, 2.24) is 0 Å². The van der Waals surface area contributed by atoms with Gasteiger partial charge in [-0.25, -0.2) is 0 Å². The molecular weight excluding hydrogens is 197 g/mol. The van der Waals surface area contributed by atoms with Gasteiger partial charge in [0.25, 0.3) is 0 Å². The summed E-state index contributed by atoms with van der Waals surface area (Å²) in [4.78, 5) is 0. The molecule has 0 aliphatic carbocycles. The van der Waals surface area contributed by atoms with E-state index in [1.54, 1.807) is 0 Å². The van der Waals surface area contributed by atoms with E-state index in [1.807, 2.05) is 5.40 Å². The van der Waals surface area contributed by atoms with Crippen molar-refractivity contribution in [2.24, 2.45) is 0 Å². The first-order valence-corrected chi connectivity index (χ1v) is 3.89. The Bertz CT molecular complexity index is 81.5. The number of hydrogen-bond donors (Lipinski definition) is 0. The summed E-state index contributed by atoms with van der Waals surface area (Å²) >= 11 is 9.58. The highest BCUT2D eigenvalue weighted by Gasteiger charge is 1.98. The zero-order valence-corrected chi connectivity index (χ0v) is 6.55. The van der Waals surface area contributed by atoms with Gasteiger partial charge in [-0.05, 0) is 11.8 Å². The van der Waals surface area contributed by atoms with Gasteiger partial charge in [-0.2, -0.15) is 5.26 Å². The summed E-state index contributed by atoms with van der Waals surface area (Å²) in [5, 5.41) is 9.90. The summed E-state index contributed by atoms with van der Waals surface area (Å²) in [5.41, 5.74) is 0. The summed E-state index contributed by atoms with van der Waals surface area (Å²) in [7, 11) is 0. The van der Waals surface area contributed by atoms with E-state index in [2.05, 4.69) is 15.9 Å². The van der Waals surface area contributed by atoms with Crippen LogP contribution in [0.4, 0.5) is 0 Å². The molecule has 1 atom stereocenters. The maximum absolute atomic E-state index is 7.99. The van der Waals surface area contributed by atoms with Crippen molar-refractivity contribution >= 4 is 39.3 Å². The minimum atomic E-state index is 0.0826. The SMILES string of the molecule is N#CSC(Br)CCl. The lowest BCUT2D eigenvalue weighted by molar-refractivity contribution is 1.46. The second-order valence-electron chi connectivity index (χ2n) is 0.773. The van der Waals surface area contributed by atoms with Gasteiger partial charge in [0.2, 0.25) is 0 Å². The minimum absolute atomic E-state index is 0.0826. The molecule has 0 saturated heterocycles. The van der Waals surface area contributed by atoms with Crippen LogP contribution in [0.25, 0.3) is 0 Å². The van der Waals surface area contributed by atoms with Crippen molar-refractivity contribution in [1.29, 1.82) is 5.26 Å². The van der Waals surface area contributed by atoms with Crippen molar-refractivity contribution in [2.75, 3.05) is 5.88 Å². The third kappa shape index (κ3) is 4.46. The van der Waals surface area contributed by atoms with E-state index in [0.717, 1.165) is 11.8 Å². The van der Waals surface area contributed by atoms with Crippen LogP contribution >= 0.6 is 39.3 Å². The van der Waals surface area contributed by atoms with Gasteiger partial charge in [0.05, 0.1) is 4.16 Å². The Morgan fingerprint density at radius 2 is 2.57 bits per heavy atom. The molecule has 0 heterocycles. The number of alkyl halides is 2. The van der Waals surface area contributed by atoms with Gasteiger partial charge in [0, 0.05) is 5.88 Å². The molecule has 1 nitrogen and oxygen atoms in total. The van der Waals surface area contributed by atoms with Crippen LogP contribution in [0.1, 0.15) is 0 Å². The molecule has 0 rings (SSSR count). The molecule has 0 aromatic carbocycles. The van der Waals surface area contributed by atoms with Crippen LogP contribution in [0.15, 0.2) is 0 Å². The maximum atomic E-state index is 7.99. The van der Waals surface area contributed by atoms with Gasteiger partial charge in [-0.1, -0.05) is 15.9 Å². The molecule has 0 radical (unpaired) electrons. The number of thioether (sulfide) groups is 1. The van der Waals surface area contributed by atoms with Crippen LogP contribution in [0.2, 0.25) is 0 Å². The summed E-state index contributed by atoms with van der Waals surface area (Å²) in [6.45, 7) is 0. The third-order valence-electron chi connectivity index (χ3n) is 0.302. The molecule has 1 unspecified atom stereocenters. The molecule has 0 saturated carbocycles. The van der Waals surface area contributed by atoms with Gasteiger partial charge < -0.3 is 0 Å². The Labute approximate surface area is 60.2 Å². The van der Waals surface area contributed by atoms with Crippen LogP contribution in [0, 0.1) is 10.7 Å². The lowest BCUT2D eigenvalue weighted by Gasteiger charge is -1.91. The number of rotatable bonds is 2. The Balaban J connectivity index is 3.03. The van der Waals surface area contributed by atoms with Gasteiger partial charge in [0.15, 0.2) is 0 Å². The Hall–Kier alpha value is 0.610. The van der Waals surface area contributed by atoms with Crippen molar-refractivity contribution in [3.8, 4) is 5.40 Å². The van der Waals surface area contributed by atoms with Crippen LogP contribution < -0.4 is 0 Å². The molecule has 0 fully saturated rings. The summed E-state index contributed by atoms with van der Waals surface area (Å²) in [6.07, 6.45) is 0. The highest BCUT2D eigenvalue weighted by molar-refractivity contribution is 9.11. The predicted molar refractivity (Wildman–Crippen MR) is 36.6 cm³/mol. The molecule has 40 valence electrons. The van der Waals surface area contributed by atoms with E-state index in [1.165, 1.54) is 0 Å². The number of hydrogen-bond acceptors (Lipinski definition) is 2. The van der Waals surface area contributed by atoms with E-state index >= 15 is 0 Å². The number of nitriles is 1. The molecule has 0 N–H and O–H groups in total. The molecular formula is C3H3BrClNS. The van der Waals surface area contributed by atoms with Crippen LogP contribution in [0.3, 0.4) is 0 Å². The van der Waals surface area contributed by atoms with E-state index in [-0.39, 0.29) is 4.16 Å². The smallest absolute Gasteiger partial charge is 0.134 e. The summed E-state index contributed by atoms with van der Waals surface area (Å²) in [6, 6.07) is 0. The van der Waals surface area contributed by atoms with Crippen molar-refractivity contribution in [2.45, 2.75) is 4.16 Å². The fraction of sp³-hybridized carbons (Fsp3) is 0.667. The molecule has 0 aliphatic rings.